The molecule has 0 spiro atoms. The Morgan fingerprint density at radius 3 is 2.25 bits per heavy atom. The van der Waals surface area contributed by atoms with Crippen LogP contribution in [0.25, 0.3) is 10.9 Å². The number of benzene rings is 2. The molecule has 4 rings (SSSR count). The summed E-state index contributed by atoms with van der Waals surface area (Å²) in [6, 6.07) is 19.4. The van der Waals surface area contributed by atoms with Crippen molar-refractivity contribution in [1.82, 2.24) is 4.98 Å². The van der Waals surface area contributed by atoms with Gasteiger partial charge in [0.15, 0.2) is 0 Å². The minimum atomic E-state index is -0.440. The van der Waals surface area contributed by atoms with Crippen LogP contribution < -0.4 is 11.1 Å². The lowest BCUT2D eigenvalue weighted by atomic mass is 9.57. The fourth-order valence-corrected chi connectivity index (χ4v) is 5.04. The minimum Gasteiger partial charge on any atom is -0.369 e. The number of carbonyl (C=O) groups is 2. The van der Waals surface area contributed by atoms with E-state index in [-0.39, 0.29) is 17.2 Å². The van der Waals surface area contributed by atoms with E-state index in [1.165, 1.54) is 5.56 Å². The Bertz CT molecular complexity index is 1140. The first-order valence-corrected chi connectivity index (χ1v) is 11.3. The van der Waals surface area contributed by atoms with Gasteiger partial charge in [0.25, 0.3) is 5.91 Å². The Balaban J connectivity index is 1.42. The summed E-state index contributed by atoms with van der Waals surface area (Å²) in [7, 11) is 0. The molecule has 0 radical (unpaired) electrons. The lowest BCUT2D eigenvalue weighted by Crippen LogP contribution is -2.48. The number of fused-ring (bicyclic) bond motifs is 1. The first-order chi connectivity index (χ1) is 15.2. The van der Waals surface area contributed by atoms with Gasteiger partial charge in [0.05, 0.1) is 10.9 Å². The van der Waals surface area contributed by atoms with Crippen molar-refractivity contribution in [1.29, 1.82) is 0 Å². The van der Waals surface area contributed by atoms with E-state index < -0.39 is 5.41 Å². The highest BCUT2D eigenvalue weighted by atomic mass is 16.2. The van der Waals surface area contributed by atoms with Gasteiger partial charge in [0.2, 0.25) is 5.91 Å². The molecule has 3 N–H and O–H groups in total. The van der Waals surface area contributed by atoms with Gasteiger partial charge in [-0.2, -0.15) is 0 Å². The lowest BCUT2D eigenvalue weighted by Gasteiger charge is -2.47. The van der Waals surface area contributed by atoms with Crippen LogP contribution in [0.3, 0.4) is 0 Å². The number of amides is 2. The van der Waals surface area contributed by atoms with E-state index in [1.54, 1.807) is 6.07 Å². The second-order valence-electron chi connectivity index (χ2n) is 9.94. The first-order valence-electron chi connectivity index (χ1n) is 11.3. The molecule has 1 aliphatic rings. The number of hydrogen-bond donors (Lipinski definition) is 2. The third kappa shape index (κ3) is 4.12. The van der Waals surface area contributed by atoms with Crippen molar-refractivity contribution in [2.75, 3.05) is 5.32 Å². The van der Waals surface area contributed by atoms with Crippen LogP contribution >= 0.6 is 0 Å². The van der Waals surface area contributed by atoms with Crippen molar-refractivity contribution >= 4 is 28.4 Å². The molecule has 2 amide bonds. The molecule has 2 aromatic carbocycles. The van der Waals surface area contributed by atoms with Crippen molar-refractivity contribution in [2.45, 2.75) is 52.4 Å². The van der Waals surface area contributed by atoms with Crippen LogP contribution in [0.5, 0.6) is 0 Å². The van der Waals surface area contributed by atoms with Crippen molar-refractivity contribution in [3.8, 4) is 0 Å². The Morgan fingerprint density at radius 2 is 1.62 bits per heavy atom. The zero-order chi connectivity index (χ0) is 22.9. The summed E-state index contributed by atoms with van der Waals surface area (Å²) >= 11 is 0. The average Bonchev–Trinajstić information content (AvgIpc) is 2.78. The first kappa shape index (κ1) is 22.0. The SMILES string of the molecule is CC(C)(C)C1(C(N)=O)CCC(c2ccc(NC(=O)c3ccc4ccccc4n3)cc2)CC1. The number of pyridine rings is 1. The monoisotopic (exact) mass is 429 g/mol. The number of nitrogens with two attached hydrogens (primary N) is 1. The maximum atomic E-state index is 12.7. The topological polar surface area (TPSA) is 85.1 Å². The van der Waals surface area contributed by atoms with E-state index in [2.05, 4.69) is 43.2 Å². The quantitative estimate of drug-likeness (QED) is 0.561. The molecular formula is C27H31N3O2. The molecule has 0 bridgehead atoms. The van der Waals surface area contributed by atoms with Crippen LogP contribution in [0.2, 0.25) is 0 Å². The maximum Gasteiger partial charge on any atom is 0.274 e. The van der Waals surface area contributed by atoms with Crippen LogP contribution in [0, 0.1) is 10.8 Å². The molecule has 1 fully saturated rings. The van der Waals surface area contributed by atoms with E-state index in [0.717, 1.165) is 42.3 Å². The third-order valence-electron chi connectivity index (χ3n) is 7.22. The van der Waals surface area contributed by atoms with Crippen LogP contribution in [-0.2, 0) is 4.79 Å². The molecule has 0 aliphatic heterocycles. The maximum absolute atomic E-state index is 12.7. The molecule has 166 valence electrons. The van der Waals surface area contributed by atoms with Gasteiger partial charge in [0.1, 0.15) is 5.69 Å². The molecule has 1 aromatic heterocycles. The van der Waals surface area contributed by atoms with Gasteiger partial charge >= 0.3 is 0 Å². The number of hydrogen-bond acceptors (Lipinski definition) is 3. The normalized spacial score (nSPS) is 21.3. The van der Waals surface area contributed by atoms with Gasteiger partial charge in [-0.25, -0.2) is 4.98 Å². The van der Waals surface area contributed by atoms with Gasteiger partial charge in [-0.3, -0.25) is 9.59 Å². The van der Waals surface area contributed by atoms with Crippen LogP contribution in [0.4, 0.5) is 5.69 Å². The summed E-state index contributed by atoms with van der Waals surface area (Å²) in [6.07, 6.45) is 3.49. The molecule has 1 heterocycles. The summed E-state index contributed by atoms with van der Waals surface area (Å²) in [6.45, 7) is 6.33. The molecular weight excluding hydrogens is 398 g/mol. The number of primary amides is 1. The second-order valence-corrected chi connectivity index (χ2v) is 9.94. The fourth-order valence-electron chi connectivity index (χ4n) is 5.04. The smallest absolute Gasteiger partial charge is 0.274 e. The van der Waals surface area contributed by atoms with E-state index >= 15 is 0 Å². The van der Waals surface area contributed by atoms with Gasteiger partial charge in [-0.1, -0.05) is 57.2 Å². The Morgan fingerprint density at radius 1 is 0.969 bits per heavy atom. The molecule has 5 heteroatoms. The number of carbonyl (C=O) groups excluding carboxylic acids is 2. The van der Waals surface area contributed by atoms with E-state index in [9.17, 15) is 9.59 Å². The van der Waals surface area contributed by atoms with Crippen molar-refractivity contribution in [3.63, 3.8) is 0 Å². The van der Waals surface area contributed by atoms with Gasteiger partial charge in [-0.05, 0) is 66.8 Å². The summed E-state index contributed by atoms with van der Waals surface area (Å²) in [5.41, 5.74) is 8.42. The highest BCUT2D eigenvalue weighted by Crippen LogP contribution is 2.52. The molecule has 32 heavy (non-hydrogen) atoms. The average molecular weight is 430 g/mol. The number of para-hydroxylation sites is 1. The standard InChI is InChI=1S/C27H31N3O2/c1-26(2,3)27(25(28)32)16-14-19(15-17-27)18-8-11-21(12-9-18)29-24(31)23-13-10-20-6-4-5-7-22(20)30-23/h4-13,19H,14-17H2,1-3H3,(H2,28,32)(H,29,31). The summed E-state index contributed by atoms with van der Waals surface area (Å²) in [5.74, 6) is -0.00173. The molecule has 1 aliphatic carbocycles. The molecule has 0 saturated heterocycles. The van der Waals surface area contributed by atoms with Crippen LogP contribution in [-0.4, -0.2) is 16.8 Å². The molecule has 1 saturated carbocycles. The van der Waals surface area contributed by atoms with Crippen LogP contribution in [0.1, 0.15) is 68.4 Å². The van der Waals surface area contributed by atoms with E-state index in [4.69, 9.17) is 5.73 Å². The highest BCUT2D eigenvalue weighted by Gasteiger charge is 2.49. The van der Waals surface area contributed by atoms with Crippen LogP contribution in [0.15, 0.2) is 60.7 Å². The Hall–Kier alpha value is -3.21. The summed E-state index contributed by atoms with van der Waals surface area (Å²) in [5, 5.41) is 3.95. The Kier molecular flexibility index (Phi) is 5.76. The summed E-state index contributed by atoms with van der Waals surface area (Å²) in [4.78, 5) is 29.4. The van der Waals surface area contributed by atoms with Gasteiger partial charge in [-0.15, -0.1) is 0 Å². The number of nitrogens with zero attached hydrogens (tertiary/aromatic N) is 1. The lowest BCUT2D eigenvalue weighted by molar-refractivity contribution is -0.137. The zero-order valence-corrected chi connectivity index (χ0v) is 19.0. The molecule has 0 unspecified atom stereocenters. The number of aromatic nitrogens is 1. The van der Waals surface area contributed by atoms with Crippen molar-refractivity contribution < 1.29 is 9.59 Å². The minimum absolute atomic E-state index is 0.144. The van der Waals surface area contributed by atoms with Crippen molar-refractivity contribution in [3.05, 3.63) is 71.9 Å². The van der Waals surface area contributed by atoms with Gasteiger partial charge < -0.3 is 11.1 Å². The van der Waals surface area contributed by atoms with Gasteiger partial charge in [0, 0.05) is 11.1 Å². The molecule has 3 aromatic rings. The zero-order valence-electron chi connectivity index (χ0n) is 19.0. The van der Waals surface area contributed by atoms with E-state index in [1.807, 2.05) is 42.5 Å². The number of anilines is 1. The molecule has 0 atom stereocenters. The fraction of sp³-hybridized carbons (Fsp3) is 0.370. The van der Waals surface area contributed by atoms with E-state index in [0.29, 0.717) is 11.6 Å². The number of nitrogens with one attached hydrogen (secondary N) is 1. The summed E-state index contributed by atoms with van der Waals surface area (Å²) < 4.78 is 0. The predicted octanol–water partition coefficient (Wildman–Crippen LogP) is 5.66. The highest BCUT2D eigenvalue weighted by molar-refractivity contribution is 6.04. The predicted molar refractivity (Wildman–Crippen MR) is 128 cm³/mol. The number of rotatable bonds is 4. The second kappa shape index (κ2) is 8.38. The third-order valence-corrected chi connectivity index (χ3v) is 7.22. The molecule has 5 nitrogen and oxygen atoms in total. The Labute approximate surface area is 189 Å². The van der Waals surface area contributed by atoms with Crippen molar-refractivity contribution in [2.24, 2.45) is 16.6 Å². The largest absolute Gasteiger partial charge is 0.369 e.